The van der Waals surface area contributed by atoms with E-state index in [4.69, 9.17) is 19.0 Å². The molecule has 81 heavy (non-hydrogen) atoms. The number of aryl methyl sites for hydroxylation is 1. The van der Waals surface area contributed by atoms with Gasteiger partial charge in [0.05, 0.1) is 45.9 Å². The molecule has 6 rings (SSSR count). The first-order chi connectivity index (χ1) is 38.0. The molecule has 0 aliphatic carbocycles. The summed E-state index contributed by atoms with van der Waals surface area (Å²) in [5, 5.41) is 43.8. The second-order valence-corrected chi connectivity index (χ2v) is 18.7. The number of aliphatic hydroxyl groups excluding tert-OH is 1. The minimum atomic E-state index is -1.99. The van der Waals surface area contributed by atoms with Gasteiger partial charge in [0.1, 0.15) is 64.2 Å². The Morgan fingerprint density at radius 2 is 1.36 bits per heavy atom. The number of pyridine rings is 1. The summed E-state index contributed by atoms with van der Waals surface area (Å²) in [5.74, 6) is -11.3. The van der Waals surface area contributed by atoms with Gasteiger partial charge in [0, 0.05) is 10.9 Å². The molecule has 0 saturated carbocycles. The predicted octanol–water partition coefficient (Wildman–Crippen LogP) is -0.335. The van der Waals surface area contributed by atoms with Crippen molar-refractivity contribution in [3.05, 3.63) is 132 Å². The van der Waals surface area contributed by atoms with Crippen molar-refractivity contribution in [3.8, 4) is 22.0 Å². The molecule has 13 N–H and O–H groups in total. The number of nitrogens with two attached hydrogens (primary N) is 1. The number of nitrogens with zero attached hydrogens (tertiary/aromatic N) is 5. The molecule has 1 aliphatic heterocycles. The highest BCUT2D eigenvalue weighted by molar-refractivity contribution is 7.13. The Hall–Kier alpha value is -10.5. The van der Waals surface area contributed by atoms with Crippen LogP contribution >= 0.6 is 11.3 Å². The van der Waals surface area contributed by atoms with E-state index in [0.29, 0.717) is 0 Å². The second-order valence-electron chi connectivity index (χ2n) is 17.9. The van der Waals surface area contributed by atoms with E-state index >= 15 is 0 Å². The SMILES string of the molecule is C=C1NC(=O)c2nc(oc2C)C(=C)NC(=O)[C@H](C(C)(C)O)NC(=O)C(=C)NC(=O)c2coc(n2)/C(=C\C)NC(=O)[C@H]([C@@H](C)O)NC(=O)c2csc(n2)-c2ccc(C(=O)NC(=C)C(=O)N[C@@H](C)C(N)=O)nc2-c2coc(n2)C(=C)NC1=O. The van der Waals surface area contributed by atoms with Crippen LogP contribution in [0.5, 0.6) is 0 Å². The highest BCUT2D eigenvalue weighted by Crippen LogP contribution is 2.33. The van der Waals surface area contributed by atoms with Crippen LogP contribution in [-0.4, -0.2) is 124 Å². The van der Waals surface area contributed by atoms with E-state index in [9.17, 15) is 58.2 Å². The summed E-state index contributed by atoms with van der Waals surface area (Å²) in [7, 11) is 0. The van der Waals surface area contributed by atoms with E-state index in [1.54, 1.807) is 0 Å². The zero-order chi connectivity index (χ0) is 59.9. The average Bonchev–Trinajstić information content (AvgIpc) is 4.29. The molecular formula is C50H51N15O15S. The van der Waals surface area contributed by atoms with Crippen molar-refractivity contribution in [2.24, 2.45) is 5.73 Å². The van der Waals surface area contributed by atoms with Crippen molar-refractivity contribution in [1.82, 2.24) is 72.8 Å². The first-order valence-electron chi connectivity index (χ1n) is 23.4. The number of rotatable bonds is 7. The van der Waals surface area contributed by atoms with Gasteiger partial charge < -0.3 is 77.0 Å². The van der Waals surface area contributed by atoms with Crippen LogP contribution in [0, 0.1) is 6.92 Å². The van der Waals surface area contributed by atoms with Crippen LogP contribution in [0.15, 0.2) is 99.4 Å². The van der Waals surface area contributed by atoms with Crippen LogP contribution in [0.1, 0.15) is 100 Å². The smallest absolute Gasteiger partial charge is 0.278 e. The Morgan fingerprint density at radius 1 is 0.741 bits per heavy atom. The molecule has 0 radical (unpaired) electrons. The Kier molecular flexibility index (Phi) is 18.0. The zero-order valence-electron chi connectivity index (χ0n) is 43.7. The van der Waals surface area contributed by atoms with Gasteiger partial charge in [-0.2, -0.15) is 0 Å². The van der Waals surface area contributed by atoms with Crippen LogP contribution in [-0.2, 0) is 28.8 Å². The number of amides is 10. The van der Waals surface area contributed by atoms with Gasteiger partial charge >= 0.3 is 0 Å². The number of oxazole rings is 3. The summed E-state index contributed by atoms with van der Waals surface area (Å²) in [5.41, 5.74) is -0.841. The summed E-state index contributed by atoms with van der Waals surface area (Å²) in [6, 6.07) is -1.99. The van der Waals surface area contributed by atoms with Crippen LogP contribution < -0.4 is 53.6 Å². The summed E-state index contributed by atoms with van der Waals surface area (Å²) >= 11 is 0.891. The number of hydrogen-bond acceptors (Lipinski definition) is 21. The Balaban J connectivity index is 1.35. The van der Waals surface area contributed by atoms with E-state index in [-0.39, 0.29) is 68.0 Å². The number of nitrogens with one attached hydrogen (secondary N) is 9. The molecule has 5 aromatic heterocycles. The Labute approximate surface area is 461 Å². The first kappa shape index (κ1) is 59.7. The number of carbonyl (C=O) groups excluding carboxylic acids is 10. The van der Waals surface area contributed by atoms with Crippen LogP contribution in [0.3, 0.4) is 0 Å². The molecular weight excluding hydrogens is 1080 g/mol. The molecule has 422 valence electrons. The van der Waals surface area contributed by atoms with Gasteiger partial charge in [0.15, 0.2) is 11.4 Å². The van der Waals surface area contributed by atoms with E-state index in [2.05, 4.69) is 106 Å². The van der Waals surface area contributed by atoms with Gasteiger partial charge in [-0.3, -0.25) is 47.9 Å². The zero-order valence-corrected chi connectivity index (χ0v) is 44.5. The molecule has 0 aromatic carbocycles. The molecule has 8 bridgehead atoms. The van der Waals surface area contributed by atoms with E-state index < -0.39 is 123 Å². The molecule has 4 atom stereocenters. The molecule has 0 fully saturated rings. The maximum Gasteiger partial charge on any atom is 0.278 e. The van der Waals surface area contributed by atoms with E-state index in [1.807, 2.05) is 0 Å². The number of primary amides is 1. The van der Waals surface area contributed by atoms with Gasteiger partial charge in [0.25, 0.3) is 41.4 Å². The number of allylic oxidation sites excluding steroid dienone is 1. The third-order valence-corrected chi connectivity index (χ3v) is 12.0. The maximum absolute atomic E-state index is 13.8. The number of carbonyl (C=O) groups is 10. The maximum atomic E-state index is 13.8. The van der Waals surface area contributed by atoms with Crippen molar-refractivity contribution in [1.29, 1.82) is 0 Å². The third-order valence-electron chi connectivity index (χ3n) is 11.1. The fourth-order valence-electron chi connectivity index (χ4n) is 6.74. The van der Waals surface area contributed by atoms with Crippen LogP contribution in [0.2, 0.25) is 0 Å². The topological polar surface area (TPSA) is 449 Å². The van der Waals surface area contributed by atoms with Crippen molar-refractivity contribution in [2.75, 3.05) is 0 Å². The van der Waals surface area contributed by atoms with Crippen molar-refractivity contribution in [2.45, 2.75) is 71.4 Å². The van der Waals surface area contributed by atoms with Gasteiger partial charge in [-0.25, -0.2) is 24.9 Å². The summed E-state index contributed by atoms with van der Waals surface area (Å²) in [4.78, 5) is 153. The lowest BCUT2D eigenvalue weighted by Crippen LogP contribution is -2.58. The molecule has 0 unspecified atom stereocenters. The summed E-state index contributed by atoms with van der Waals surface area (Å²) < 4.78 is 16.6. The second kappa shape index (κ2) is 24.4. The monoisotopic (exact) mass is 1130 g/mol. The van der Waals surface area contributed by atoms with Crippen LogP contribution in [0.4, 0.5) is 0 Å². The highest BCUT2D eigenvalue weighted by atomic mass is 32.1. The fourth-order valence-corrected chi connectivity index (χ4v) is 7.56. The number of fused-ring (bicyclic) bond motifs is 11. The number of aliphatic hydroxyl groups is 2. The first-order valence-corrected chi connectivity index (χ1v) is 24.3. The lowest BCUT2D eigenvalue weighted by atomic mass is 9.97. The quantitative estimate of drug-likeness (QED) is 0.0928. The molecule has 1 aliphatic rings. The summed E-state index contributed by atoms with van der Waals surface area (Å²) in [6.45, 7) is 25.8. The largest absolute Gasteiger partial charge is 0.443 e. The third kappa shape index (κ3) is 14.2. The van der Waals surface area contributed by atoms with Crippen LogP contribution in [0.25, 0.3) is 39.1 Å². The Morgan fingerprint density at radius 3 is 2.01 bits per heavy atom. The molecule has 5 aromatic rings. The lowest BCUT2D eigenvalue weighted by Gasteiger charge is -2.29. The van der Waals surface area contributed by atoms with Crippen molar-refractivity contribution < 1.29 is 71.4 Å². The van der Waals surface area contributed by atoms with Crippen molar-refractivity contribution >= 4 is 87.5 Å². The molecule has 0 saturated heterocycles. The number of hydrogen-bond donors (Lipinski definition) is 12. The van der Waals surface area contributed by atoms with Gasteiger partial charge in [-0.15, -0.1) is 11.3 Å². The number of aromatic nitrogens is 5. The van der Waals surface area contributed by atoms with Gasteiger partial charge in [-0.1, -0.05) is 39.0 Å². The fraction of sp³-hybridized carbons (Fsp3) is 0.220. The van der Waals surface area contributed by atoms with E-state index in [0.717, 1.165) is 23.9 Å². The van der Waals surface area contributed by atoms with Gasteiger partial charge in [0.2, 0.25) is 35.4 Å². The van der Waals surface area contributed by atoms with Gasteiger partial charge in [-0.05, 0) is 53.7 Å². The lowest BCUT2D eigenvalue weighted by molar-refractivity contribution is -0.132. The normalized spacial score (nSPS) is 17.8. The Bertz CT molecular complexity index is 3560. The van der Waals surface area contributed by atoms with Crippen molar-refractivity contribution in [3.63, 3.8) is 0 Å². The van der Waals surface area contributed by atoms with E-state index in [1.165, 1.54) is 65.1 Å². The molecule has 6 heterocycles. The molecule has 10 amide bonds. The minimum Gasteiger partial charge on any atom is -0.443 e. The minimum absolute atomic E-state index is 0.0688. The molecule has 0 spiro atoms. The number of thiazole rings is 1. The molecule has 30 nitrogen and oxygen atoms in total. The standard InChI is InChI=1S/C50H51N15O15S/c1-12-27-48-61-30(16-79-48)41(72)54-21(5)39(70)65-35(50(10,11)77)45(76)57-23(7)47-64-33(25(9)80-47)44(75)55-20(4)38(69)56-22(6)46-60-29(15-78-46)34-26(49-62-31(17-81-49)42(73)63-32(24(8)66)43(74)59-27)13-14-28(58-34)40(71)53-19(3)37(68)52-18(2)36(51)67/h12-18,24,32,35,66,77H,3-7H2,1-2,8-11H3,(H2,51,67)(H,52,68)(H,53,71)(H,54,72)(H,55,75)(H,56,69)(H,57,76)(H,59,74)(H,63,73)(H,65,70)/b27-12+/t18-,24+,32-,35+/m0/s1. The predicted molar refractivity (Wildman–Crippen MR) is 283 cm³/mol. The molecule has 31 heteroatoms. The summed E-state index contributed by atoms with van der Waals surface area (Å²) in [6.07, 6.45) is 1.70. The highest BCUT2D eigenvalue weighted by Gasteiger charge is 2.37. The average molecular weight is 1130 g/mol.